The summed E-state index contributed by atoms with van der Waals surface area (Å²) in [4.78, 5) is 30.0. The topological polar surface area (TPSA) is 119 Å². The molecule has 5 rings (SSSR count). The summed E-state index contributed by atoms with van der Waals surface area (Å²) in [6, 6.07) is 12.6. The van der Waals surface area contributed by atoms with Crippen LogP contribution in [-0.4, -0.2) is 51.2 Å². The van der Waals surface area contributed by atoms with Crippen LogP contribution in [0.3, 0.4) is 0 Å². The van der Waals surface area contributed by atoms with Gasteiger partial charge in [0.1, 0.15) is 11.7 Å². The summed E-state index contributed by atoms with van der Waals surface area (Å²) < 4.78 is 29.5. The second-order valence-corrected chi connectivity index (χ2v) is 10.5. The molecule has 0 bridgehead atoms. The van der Waals surface area contributed by atoms with Crippen molar-refractivity contribution < 1.29 is 13.2 Å². The highest BCUT2D eigenvalue weighted by Crippen LogP contribution is 2.21. The SMILES string of the molecule is O=C(Nn1cnc2c(cnn2-c2cccc(Cl)c2)c1=O)c1ccc(S(=O)(=O)N2CCCCC2)cc1. The van der Waals surface area contributed by atoms with Gasteiger partial charge in [0.05, 0.1) is 16.8 Å². The summed E-state index contributed by atoms with van der Waals surface area (Å²) >= 11 is 6.05. The van der Waals surface area contributed by atoms with Gasteiger partial charge in [-0.15, -0.1) is 0 Å². The monoisotopic (exact) mass is 512 g/mol. The van der Waals surface area contributed by atoms with E-state index >= 15 is 0 Å². The van der Waals surface area contributed by atoms with Crippen molar-refractivity contribution >= 4 is 38.6 Å². The molecule has 0 atom stereocenters. The molecular formula is C23H21ClN6O4S. The van der Waals surface area contributed by atoms with Gasteiger partial charge in [-0.1, -0.05) is 24.1 Å². The maximum atomic E-state index is 12.9. The first kappa shape index (κ1) is 23.2. The molecule has 12 heteroatoms. The largest absolute Gasteiger partial charge is 0.283 e. The van der Waals surface area contributed by atoms with Gasteiger partial charge in [-0.25, -0.2) is 22.8 Å². The molecule has 2 aromatic heterocycles. The first-order valence-corrected chi connectivity index (χ1v) is 12.8. The van der Waals surface area contributed by atoms with E-state index in [9.17, 15) is 18.0 Å². The lowest BCUT2D eigenvalue weighted by molar-refractivity contribution is 0.101. The zero-order valence-corrected chi connectivity index (χ0v) is 20.0. The highest BCUT2D eigenvalue weighted by molar-refractivity contribution is 7.89. The molecule has 0 spiro atoms. The molecule has 0 aliphatic carbocycles. The van der Waals surface area contributed by atoms with Crippen molar-refractivity contribution in [3.05, 3.63) is 82.0 Å². The zero-order chi connectivity index (χ0) is 24.6. The fraction of sp³-hybridized carbons (Fsp3) is 0.217. The van der Waals surface area contributed by atoms with Crippen LogP contribution in [-0.2, 0) is 10.0 Å². The van der Waals surface area contributed by atoms with E-state index in [-0.39, 0.29) is 15.8 Å². The summed E-state index contributed by atoms with van der Waals surface area (Å²) in [5.74, 6) is -0.586. The number of hydrogen-bond acceptors (Lipinski definition) is 6. The molecule has 4 aromatic rings. The Morgan fingerprint density at radius 1 is 1.03 bits per heavy atom. The van der Waals surface area contributed by atoms with Gasteiger partial charge in [-0.3, -0.25) is 15.0 Å². The Morgan fingerprint density at radius 3 is 2.49 bits per heavy atom. The lowest BCUT2D eigenvalue weighted by Crippen LogP contribution is -2.35. The Morgan fingerprint density at radius 2 is 1.77 bits per heavy atom. The van der Waals surface area contributed by atoms with E-state index in [1.165, 1.54) is 45.8 Å². The fourth-order valence-corrected chi connectivity index (χ4v) is 5.70. The molecule has 180 valence electrons. The van der Waals surface area contributed by atoms with Gasteiger partial charge >= 0.3 is 0 Å². The van der Waals surface area contributed by atoms with Crippen LogP contribution in [0.2, 0.25) is 5.02 Å². The number of hydrogen-bond donors (Lipinski definition) is 1. The second-order valence-electron chi connectivity index (χ2n) is 8.12. The van der Waals surface area contributed by atoms with Gasteiger partial charge in [0.25, 0.3) is 11.5 Å². The van der Waals surface area contributed by atoms with Gasteiger partial charge in [-0.2, -0.15) is 9.40 Å². The highest BCUT2D eigenvalue weighted by atomic mass is 35.5. The third kappa shape index (κ3) is 4.45. The van der Waals surface area contributed by atoms with Crippen molar-refractivity contribution in [3.63, 3.8) is 0 Å². The van der Waals surface area contributed by atoms with E-state index < -0.39 is 21.5 Å². The molecule has 1 saturated heterocycles. The molecule has 35 heavy (non-hydrogen) atoms. The Balaban J connectivity index is 1.37. The average Bonchev–Trinajstić information content (AvgIpc) is 3.31. The molecule has 2 aromatic carbocycles. The van der Waals surface area contributed by atoms with Gasteiger partial charge in [0, 0.05) is 23.7 Å². The van der Waals surface area contributed by atoms with Gasteiger partial charge in [0.15, 0.2) is 5.65 Å². The molecule has 1 N–H and O–H groups in total. The summed E-state index contributed by atoms with van der Waals surface area (Å²) in [6.07, 6.45) is 5.26. The van der Waals surface area contributed by atoms with Crippen molar-refractivity contribution in [1.29, 1.82) is 0 Å². The Hall–Kier alpha value is -3.54. The quantitative estimate of drug-likeness (QED) is 0.439. The number of benzene rings is 2. The van der Waals surface area contributed by atoms with Crippen molar-refractivity contribution in [3.8, 4) is 5.69 Å². The summed E-state index contributed by atoms with van der Waals surface area (Å²) in [7, 11) is -3.60. The van der Waals surface area contributed by atoms with Crippen LogP contribution in [0.4, 0.5) is 0 Å². The molecule has 0 saturated carbocycles. The molecule has 10 nitrogen and oxygen atoms in total. The standard InChI is InChI=1S/C23H21ClN6O4S/c24-17-5-4-6-18(13-17)30-21-20(14-26-30)23(32)29(15-25-21)27-22(31)16-7-9-19(10-8-16)35(33,34)28-11-2-1-3-12-28/h4-10,13-15H,1-3,11-12H2,(H,27,31). The minimum Gasteiger partial charge on any atom is -0.267 e. The van der Waals surface area contributed by atoms with E-state index in [4.69, 9.17) is 11.6 Å². The molecule has 3 heterocycles. The number of rotatable bonds is 5. The maximum absolute atomic E-state index is 12.9. The van der Waals surface area contributed by atoms with E-state index in [0.717, 1.165) is 23.9 Å². The van der Waals surface area contributed by atoms with Crippen LogP contribution in [0.5, 0.6) is 0 Å². The van der Waals surface area contributed by atoms with Crippen LogP contribution < -0.4 is 11.0 Å². The Kier molecular flexibility index (Phi) is 6.13. The smallest absolute Gasteiger partial charge is 0.267 e. The van der Waals surface area contributed by atoms with Crippen LogP contribution in [0.15, 0.2) is 70.7 Å². The van der Waals surface area contributed by atoms with Crippen LogP contribution in [0.25, 0.3) is 16.7 Å². The van der Waals surface area contributed by atoms with E-state index in [2.05, 4.69) is 15.5 Å². The fourth-order valence-electron chi connectivity index (χ4n) is 3.99. The first-order chi connectivity index (χ1) is 16.8. The molecule has 1 fully saturated rings. The molecule has 1 aliphatic rings. The van der Waals surface area contributed by atoms with Crippen LogP contribution >= 0.6 is 11.6 Å². The van der Waals surface area contributed by atoms with Gasteiger partial charge in [0.2, 0.25) is 10.0 Å². The number of halogens is 1. The molecule has 1 amide bonds. The summed E-state index contributed by atoms with van der Waals surface area (Å²) in [5.41, 5.74) is 3.12. The first-order valence-electron chi connectivity index (χ1n) is 11.0. The number of carbonyl (C=O) groups is 1. The maximum Gasteiger partial charge on any atom is 0.283 e. The highest BCUT2D eigenvalue weighted by Gasteiger charge is 2.26. The van der Waals surface area contributed by atoms with Crippen molar-refractivity contribution in [2.24, 2.45) is 0 Å². The third-order valence-electron chi connectivity index (χ3n) is 5.83. The normalized spacial score (nSPS) is 14.8. The zero-order valence-electron chi connectivity index (χ0n) is 18.5. The van der Waals surface area contributed by atoms with Crippen LogP contribution in [0.1, 0.15) is 29.6 Å². The lowest BCUT2D eigenvalue weighted by Gasteiger charge is -2.25. The van der Waals surface area contributed by atoms with Crippen LogP contribution in [0, 0.1) is 0 Å². The van der Waals surface area contributed by atoms with Gasteiger partial charge < -0.3 is 0 Å². The molecule has 0 radical (unpaired) electrons. The second kappa shape index (κ2) is 9.25. The number of nitrogens with zero attached hydrogens (tertiary/aromatic N) is 5. The minimum atomic E-state index is -3.60. The Labute approximate surface area is 205 Å². The number of aromatic nitrogens is 4. The summed E-state index contributed by atoms with van der Waals surface area (Å²) in [5, 5.41) is 4.95. The van der Waals surface area contributed by atoms with E-state index in [1.807, 2.05) is 0 Å². The van der Waals surface area contributed by atoms with E-state index in [0.29, 0.717) is 29.4 Å². The number of carbonyl (C=O) groups excluding carboxylic acids is 1. The Bertz CT molecular complexity index is 1570. The van der Waals surface area contributed by atoms with E-state index in [1.54, 1.807) is 24.3 Å². The number of amides is 1. The van der Waals surface area contributed by atoms with Crippen molar-refractivity contribution in [2.75, 3.05) is 18.5 Å². The van der Waals surface area contributed by atoms with Gasteiger partial charge in [-0.05, 0) is 55.3 Å². The average molecular weight is 513 g/mol. The minimum absolute atomic E-state index is 0.129. The number of fused-ring (bicyclic) bond motifs is 1. The summed E-state index contributed by atoms with van der Waals surface area (Å²) in [6.45, 7) is 0.994. The molecule has 1 aliphatic heterocycles. The predicted octanol–water partition coefficient (Wildman–Crippen LogP) is 2.79. The van der Waals surface area contributed by atoms with Crippen molar-refractivity contribution in [1.82, 2.24) is 23.7 Å². The number of nitrogens with one attached hydrogen (secondary N) is 1. The van der Waals surface area contributed by atoms with Crippen molar-refractivity contribution in [2.45, 2.75) is 24.2 Å². The number of sulfonamides is 1. The predicted molar refractivity (Wildman–Crippen MR) is 131 cm³/mol. The molecular weight excluding hydrogens is 492 g/mol. The third-order valence-corrected chi connectivity index (χ3v) is 7.98. The number of piperidine rings is 1. The lowest BCUT2D eigenvalue weighted by atomic mass is 10.2. The molecule has 0 unspecified atom stereocenters.